The van der Waals surface area contributed by atoms with Crippen LogP contribution in [0.2, 0.25) is 0 Å². The number of anilines is 3. The number of rotatable bonds is 5. The van der Waals surface area contributed by atoms with Crippen molar-refractivity contribution in [1.29, 1.82) is 0 Å². The van der Waals surface area contributed by atoms with E-state index in [2.05, 4.69) is 10.0 Å². The summed E-state index contributed by atoms with van der Waals surface area (Å²) in [5.41, 5.74) is 2.69. The third-order valence-corrected chi connectivity index (χ3v) is 4.97. The van der Waals surface area contributed by atoms with E-state index in [0.717, 1.165) is 18.4 Å². The van der Waals surface area contributed by atoms with Gasteiger partial charge in [0.15, 0.2) is 0 Å². The minimum atomic E-state index is -3.43. The van der Waals surface area contributed by atoms with E-state index in [1.807, 2.05) is 0 Å². The minimum Gasteiger partial charge on any atom is -0.322 e. The maximum absolute atomic E-state index is 12.6. The van der Waals surface area contributed by atoms with E-state index in [0.29, 0.717) is 35.5 Å². The molecule has 0 atom stereocenters. The molecule has 2 amide bonds. The highest BCUT2D eigenvalue weighted by Gasteiger charge is 2.21. The van der Waals surface area contributed by atoms with Gasteiger partial charge < -0.3 is 10.2 Å². The summed E-state index contributed by atoms with van der Waals surface area (Å²) in [6, 6.07) is 11.9. The summed E-state index contributed by atoms with van der Waals surface area (Å²) in [6.45, 7) is 2.40. The fraction of sp³-hybridized carbons (Fsp3) is 0.263. The second-order valence-corrected chi connectivity index (χ2v) is 8.25. The summed E-state index contributed by atoms with van der Waals surface area (Å²) in [5.74, 6) is -0.229. The van der Waals surface area contributed by atoms with Crippen LogP contribution in [0.4, 0.5) is 17.1 Å². The summed E-state index contributed by atoms with van der Waals surface area (Å²) in [6.07, 6.45) is 2.48. The van der Waals surface area contributed by atoms with E-state index in [1.54, 1.807) is 54.3 Å². The van der Waals surface area contributed by atoms with Gasteiger partial charge in [-0.25, -0.2) is 8.42 Å². The summed E-state index contributed by atoms with van der Waals surface area (Å²) in [5, 5.41) is 2.80. The molecule has 2 N–H and O–H groups in total. The molecule has 1 saturated heterocycles. The highest BCUT2D eigenvalue weighted by atomic mass is 32.2. The van der Waals surface area contributed by atoms with Gasteiger partial charge in [0.2, 0.25) is 15.9 Å². The third kappa shape index (κ3) is 4.46. The average Bonchev–Trinajstić information content (AvgIpc) is 3.02. The van der Waals surface area contributed by atoms with E-state index >= 15 is 0 Å². The van der Waals surface area contributed by atoms with E-state index in [-0.39, 0.29) is 11.8 Å². The van der Waals surface area contributed by atoms with Crippen LogP contribution in [0, 0.1) is 6.92 Å². The lowest BCUT2D eigenvalue weighted by Crippen LogP contribution is -2.23. The molecule has 0 saturated carbocycles. The lowest BCUT2D eigenvalue weighted by Gasteiger charge is -2.16. The number of amides is 2. The van der Waals surface area contributed by atoms with Crippen LogP contribution in [0.15, 0.2) is 42.5 Å². The standard InChI is InChI=1S/C19H21N3O4S/c1-13-16(5-3-6-17(13)21-27(2,25)26)19(24)20-14-8-10-15(11-9-14)22-12-4-7-18(22)23/h3,5-6,8-11,21H,4,7,12H2,1-2H3,(H,20,24). The Kier molecular flexibility index (Phi) is 5.18. The molecule has 7 nitrogen and oxygen atoms in total. The zero-order valence-corrected chi connectivity index (χ0v) is 16.0. The van der Waals surface area contributed by atoms with E-state index in [1.165, 1.54) is 0 Å². The first-order valence-electron chi connectivity index (χ1n) is 8.54. The maximum atomic E-state index is 12.6. The van der Waals surface area contributed by atoms with Crippen LogP contribution in [-0.2, 0) is 14.8 Å². The molecule has 2 aromatic carbocycles. The molecule has 0 aromatic heterocycles. The molecule has 27 heavy (non-hydrogen) atoms. The minimum absolute atomic E-state index is 0.109. The average molecular weight is 387 g/mol. The topological polar surface area (TPSA) is 95.6 Å². The molecule has 1 aliphatic heterocycles. The molecule has 0 bridgehead atoms. The van der Waals surface area contributed by atoms with Crippen LogP contribution in [-0.4, -0.2) is 33.0 Å². The van der Waals surface area contributed by atoms with Crippen molar-refractivity contribution < 1.29 is 18.0 Å². The molecule has 1 fully saturated rings. The van der Waals surface area contributed by atoms with E-state index in [9.17, 15) is 18.0 Å². The van der Waals surface area contributed by atoms with Crippen LogP contribution in [0.1, 0.15) is 28.8 Å². The van der Waals surface area contributed by atoms with Gasteiger partial charge in [0, 0.05) is 29.9 Å². The Balaban J connectivity index is 1.76. The van der Waals surface area contributed by atoms with Crippen molar-refractivity contribution in [2.45, 2.75) is 19.8 Å². The SMILES string of the molecule is Cc1c(NS(C)(=O)=O)cccc1C(=O)Nc1ccc(N2CCCC2=O)cc1. The van der Waals surface area contributed by atoms with Gasteiger partial charge >= 0.3 is 0 Å². The molecule has 1 aliphatic rings. The molecule has 8 heteroatoms. The van der Waals surface area contributed by atoms with Crippen molar-refractivity contribution in [3.8, 4) is 0 Å². The zero-order chi connectivity index (χ0) is 19.6. The lowest BCUT2D eigenvalue weighted by molar-refractivity contribution is -0.117. The Labute approximate surface area is 158 Å². The molecule has 3 rings (SSSR count). The second kappa shape index (κ2) is 7.40. The highest BCUT2D eigenvalue weighted by molar-refractivity contribution is 7.92. The Morgan fingerprint density at radius 2 is 1.81 bits per heavy atom. The van der Waals surface area contributed by atoms with Gasteiger partial charge in [0.05, 0.1) is 11.9 Å². The van der Waals surface area contributed by atoms with Gasteiger partial charge in [-0.05, 0) is 55.3 Å². The normalized spacial score (nSPS) is 14.3. The number of sulfonamides is 1. The summed E-state index contributed by atoms with van der Waals surface area (Å²) in [4.78, 5) is 26.1. The molecule has 0 radical (unpaired) electrons. The fourth-order valence-electron chi connectivity index (χ4n) is 3.04. The van der Waals surface area contributed by atoms with Crippen LogP contribution in [0.25, 0.3) is 0 Å². The molecular formula is C19H21N3O4S. The van der Waals surface area contributed by atoms with E-state index in [4.69, 9.17) is 0 Å². The zero-order valence-electron chi connectivity index (χ0n) is 15.2. The van der Waals surface area contributed by atoms with E-state index < -0.39 is 10.0 Å². The van der Waals surface area contributed by atoms with Gasteiger partial charge in [-0.2, -0.15) is 0 Å². The smallest absolute Gasteiger partial charge is 0.256 e. The molecule has 0 unspecified atom stereocenters. The Morgan fingerprint density at radius 3 is 2.41 bits per heavy atom. The largest absolute Gasteiger partial charge is 0.322 e. The quantitative estimate of drug-likeness (QED) is 0.825. The number of hydrogen-bond acceptors (Lipinski definition) is 4. The lowest BCUT2D eigenvalue weighted by atomic mass is 10.1. The van der Waals surface area contributed by atoms with Crippen molar-refractivity contribution in [2.75, 3.05) is 27.7 Å². The van der Waals surface area contributed by atoms with Gasteiger partial charge in [-0.1, -0.05) is 6.07 Å². The Bertz CT molecular complexity index is 985. The molecule has 0 aliphatic carbocycles. The monoisotopic (exact) mass is 387 g/mol. The van der Waals surface area contributed by atoms with Crippen LogP contribution in [0.3, 0.4) is 0 Å². The van der Waals surface area contributed by atoms with Gasteiger partial charge in [-0.15, -0.1) is 0 Å². The number of carbonyl (C=O) groups is 2. The summed E-state index contributed by atoms with van der Waals surface area (Å²) < 4.78 is 25.3. The van der Waals surface area contributed by atoms with Crippen LogP contribution < -0.4 is 14.9 Å². The Morgan fingerprint density at radius 1 is 1.11 bits per heavy atom. The fourth-order valence-corrected chi connectivity index (χ4v) is 3.66. The van der Waals surface area contributed by atoms with Crippen LogP contribution >= 0.6 is 0 Å². The number of nitrogens with one attached hydrogen (secondary N) is 2. The second-order valence-electron chi connectivity index (χ2n) is 6.50. The molecule has 1 heterocycles. The summed E-state index contributed by atoms with van der Waals surface area (Å²) in [7, 11) is -3.43. The number of hydrogen-bond donors (Lipinski definition) is 2. The predicted molar refractivity (Wildman–Crippen MR) is 106 cm³/mol. The first-order valence-corrected chi connectivity index (χ1v) is 10.4. The molecule has 0 spiro atoms. The first kappa shape index (κ1) is 18.9. The predicted octanol–water partition coefficient (Wildman–Crippen LogP) is 2.75. The van der Waals surface area contributed by atoms with Gasteiger partial charge in [0.25, 0.3) is 5.91 Å². The first-order chi connectivity index (χ1) is 12.7. The number of benzene rings is 2. The van der Waals surface area contributed by atoms with Crippen molar-refractivity contribution in [3.63, 3.8) is 0 Å². The third-order valence-electron chi connectivity index (χ3n) is 4.38. The number of nitrogens with zero attached hydrogens (tertiary/aromatic N) is 1. The maximum Gasteiger partial charge on any atom is 0.256 e. The van der Waals surface area contributed by atoms with Crippen molar-refractivity contribution in [2.24, 2.45) is 0 Å². The van der Waals surface area contributed by atoms with Crippen molar-refractivity contribution in [1.82, 2.24) is 0 Å². The molecule has 2 aromatic rings. The highest BCUT2D eigenvalue weighted by Crippen LogP contribution is 2.24. The van der Waals surface area contributed by atoms with Crippen molar-refractivity contribution >= 4 is 38.9 Å². The number of carbonyl (C=O) groups excluding carboxylic acids is 2. The van der Waals surface area contributed by atoms with Crippen LogP contribution in [0.5, 0.6) is 0 Å². The Hall–Kier alpha value is -2.87. The van der Waals surface area contributed by atoms with Crippen molar-refractivity contribution in [3.05, 3.63) is 53.6 Å². The van der Waals surface area contributed by atoms with Gasteiger partial charge in [0.1, 0.15) is 0 Å². The molecular weight excluding hydrogens is 366 g/mol. The van der Waals surface area contributed by atoms with Gasteiger partial charge in [-0.3, -0.25) is 14.3 Å². The summed E-state index contributed by atoms with van der Waals surface area (Å²) >= 11 is 0. The molecule has 142 valence electrons.